The van der Waals surface area contributed by atoms with Crippen molar-refractivity contribution in [2.75, 3.05) is 11.9 Å². The van der Waals surface area contributed by atoms with E-state index >= 15 is 0 Å². The number of carbonyl (C=O) groups is 2. The molecule has 4 nitrogen and oxygen atoms in total. The summed E-state index contributed by atoms with van der Waals surface area (Å²) in [5, 5.41) is 1.71. The molecule has 0 heterocycles. The normalized spacial score (nSPS) is 11.1. The van der Waals surface area contributed by atoms with Crippen molar-refractivity contribution < 1.29 is 22.8 Å². The largest absolute Gasteiger partial charge is 0.417 e. The second-order valence-corrected chi connectivity index (χ2v) is 5.86. The van der Waals surface area contributed by atoms with Gasteiger partial charge in [-0.1, -0.05) is 41.9 Å². The fourth-order valence-corrected chi connectivity index (χ4v) is 2.50. The molecular formula is C18H16ClF3N2O2. The van der Waals surface area contributed by atoms with E-state index in [0.29, 0.717) is 6.07 Å². The molecule has 0 bridgehead atoms. The fraction of sp³-hybridized carbons (Fsp3) is 0.222. The minimum atomic E-state index is -4.66. The summed E-state index contributed by atoms with van der Waals surface area (Å²) in [6.45, 7) is 2.20. The van der Waals surface area contributed by atoms with Gasteiger partial charge in [-0.25, -0.2) is 0 Å². The highest BCUT2D eigenvalue weighted by Gasteiger charge is 2.33. The molecule has 8 heteroatoms. The zero-order valence-electron chi connectivity index (χ0n) is 13.8. The standard InChI is InChI=1S/C18H16ClF3N2O2/c1-2-24(11-12-6-4-3-5-7-12)17(26)16(25)23-13-8-9-15(19)14(10-13)18(20,21)22/h3-10H,2,11H2,1H3,(H,23,25). The molecule has 2 aromatic rings. The van der Waals surface area contributed by atoms with Crippen molar-refractivity contribution in [2.24, 2.45) is 0 Å². The number of anilines is 1. The van der Waals surface area contributed by atoms with Crippen LogP contribution in [0.3, 0.4) is 0 Å². The maximum atomic E-state index is 12.9. The maximum absolute atomic E-state index is 12.9. The van der Waals surface area contributed by atoms with E-state index in [4.69, 9.17) is 11.6 Å². The maximum Gasteiger partial charge on any atom is 0.417 e. The molecule has 0 atom stereocenters. The molecule has 0 saturated carbocycles. The third-order valence-corrected chi connectivity index (χ3v) is 3.94. The molecule has 0 spiro atoms. The number of hydrogen-bond acceptors (Lipinski definition) is 2. The third-order valence-electron chi connectivity index (χ3n) is 3.61. The number of carbonyl (C=O) groups excluding carboxylic acids is 2. The van der Waals surface area contributed by atoms with Crippen molar-refractivity contribution in [3.05, 3.63) is 64.7 Å². The quantitative estimate of drug-likeness (QED) is 0.797. The highest BCUT2D eigenvalue weighted by atomic mass is 35.5. The van der Waals surface area contributed by atoms with Gasteiger partial charge in [0.2, 0.25) is 0 Å². The topological polar surface area (TPSA) is 49.4 Å². The van der Waals surface area contributed by atoms with Gasteiger partial charge >= 0.3 is 18.0 Å². The Morgan fingerprint density at radius 2 is 1.77 bits per heavy atom. The van der Waals surface area contributed by atoms with Crippen molar-refractivity contribution in [1.82, 2.24) is 4.90 Å². The molecule has 26 heavy (non-hydrogen) atoms. The molecule has 0 fully saturated rings. The molecule has 1 N–H and O–H groups in total. The average Bonchev–Trinajstić information content (AvgIpc) is 2.60. The van der Waals surface area contributed by atoms with Crippen molar-refractivity contribution in [3.8, 4) is 0 Å². The summed E-state index contributed by atoms with van der Waals surface area (Å²) in [4.78, 5) is 25.7. The minimum Gasteiger partial charge on any atom is -0.330 e. The summed E-state index contributed by atoms with van der Waals surface area (Å²) in [5.74, 6) is -1.85. The van der Waals surface area contributed by atoms with Crippen LogP contribution in [0.25, 0.3) is 0 Å². The van der Waals surface area contributed by atoms with Crippen LogP contribution in [-0.4, -0.2) is 23.3 Å². The molecule has 0 unspecified atom stereocenters. The fourth-order valence-electron chi connectivity index (χ4n) is 2.28. The highest BCUT2D eigenvalue weighted by molar-refractivity contribution is 6.39. The summed E-state index contributed by atoms with van der Waals surface area (Å²) in [5.41, 5.74) is -0.404. The Morgan fingerprint density at radius 3 is 2.35 bits per heavy atom. The molecule has 0 aliphatic carbocycles. The van der Waals surface area contributed by atoms with Gasteiger partial charge in [-0.3, -0.25) is 9.59 Å². The van der Waals surface area contributed by atoms with E-state index in [-0.39, 0.29) is 18.8 Å². The molecule has 2 aromatic carbocycles. The van der Waals surface area contributed by atoms with Crippen LogP contribution in [0.2, 0.25) is 5.02 Å². The van der Waals surface area contributed by atoms with E-state index in [2.05, 4.69) is 5.32 Å². The highest BCUT2D eigenvalue weighted by Crippen LogP contribution is 2.36. The van der Waals surface area contributed by atoms with Crippen LogP contribution in [-0.2, 0) is 22.3 Å². The van der Waals surface area contributed by atoms with E-state index in [9.17, 15) is 22.8 Å². The lowest BCUT2D eigenvalue weighted by Gasteiger charge is -2.20. The zero-order chi connectivity index (χ0) is 19.3. The smallest absolute Gasteiger partial charge is 0.330 e. The summed E-state index contributed by atoms with van der Waals surface area (Å²) in [6, 6.07) is 12.0. The SMILES string of the molecule is CCN(Cc1ccccc1)C(=O)C(=O)Nc1ccc(Cl)c(C(F)(F)F)c1. The average molecular weight is 385 g/mol. The minimum absolute atomic E-state index is 0.157. The Labute approximate surface area is 153 Å². The van der Waals surface area contributed by atoms with Gasteiger partial charge in [-0.2, -0.15) is 13.2 Å². The molecule has 2 amide bonds. The van der Waals surface area contributed by atoms with Crippen LogP contribution in [0.4, 0.5) is 18.9 Å². The third kappa shape index (κ3) is 4.98. The Morgan fingerprint density at radius 1 is 1.12 bits per heavy atom. The summed E-state index contributed by atoms with van der Waals surface area (Å²) in [7, 11) is 0. The van der Waals surface area contributed by atoms with Crippen LogP contribution < -0.4 is 5.32 Å². The molecule has 0 aromatic heterocycles. The Kier molecular flexibility index (Phi) is 6.26. The number of nitrogens with zero attached hydrogens (tertiary/aromatic N) is 1. The Hall–Kier alpha value is -2.54. The van der Waals surface area contributed by atoms with E-state index < -0.39 is 28.6 Å². The van der Waals surface area contributed by atoms with Crippen molar-refractivity contribution in [1.29, 1.82) is 0 Å². The summed E-state index contributed by atoms with van der Waals surface area (Å²) < 4.78 is 38.6. The van der Waals surface area contributed by atoms with Crippen LogP contribution in [0, 0.1) is 0 Å². The first-order valence-corrected chi connectivity index (χ1v) is 8.11. The summed E-state index contributed by atoms with van der Waals surface area (Å²) in [6.07, 6.45) is -4.66. The van der Waals surface area contributed by atoms with Crippen LogP contribution in [0.15, 0.2) is 48.5 Å². The van der Waals surface area contributed by atoms with Crippen LogP contribution in [0.1, 0.15) is 18.1 Å². The van der Waals surface area contributed by atoms with Crippen LogP contribution >= 0.6 is 11.6 Å². The van der Waals surface area contributed by atoms with Crippen molar-refractivity contribution in [3.63, 3.8) is 0 Å². The van der Waals surface area contributed by atoms with Gasteiger partial charge in [-0.15, -0.1) is 0 Å². The van der Waals surface area contributed by atoms with Crippen molar-refractivity contribution >= 4 is 29.1 Å². The first kappa shape index (κ1) is 19.8. The predicted molar refractivity (Wildman–Crippen MR) is 92.6 cm³/mol. The molecule has 0 aliphatic heterocycles. The van der Waals surface area contributed by atoms with E-state index in [1.54, 1.807) is 19.1 Å². The number of likely N-dealkylation sites (N-methyl/N-ethyl adjacent to an activating group) is 1. The van der Waals surface area contributed by atoms with Gasteiger partial charge in [-0.05, 0) is 30.7 Å². The number of hydrogen-bond donors (Lipinski definition) is 1. The van der Waals surface area contributed by atoms with Gasteiger partial charge in [0.15, 0.2) is 0 Å². The second kappa shape index (κ2) is 8.23. The lowest BCUT2D eigenvalue weighted by molar-refractivity contribution is -0.143. The number of rotatable bonds is 4. The monoisotopic (exact) mass is 384 g/mol. The van der Waals surface area contributed by atoms with Gasteiger partial charge < -0.3 is 10.2 Å². The first-order valence-electron chi connectivity index (χ1n) is 7.73. The Balaban J connectivity index is 2.12. The number of benzene rings is 2. The number of amides is 2. The van der Waals surface area contributed by atoms with Gasteiger partial charge in [0, 0.05) is 18.8 Å². The van der Waals surface area contributed by atoms with Gasteiger partial charge in [0.05, 0.1) is 10.6 Å². The van der Waals surface area contributed by atoms with Crippen molar-refractivity contribution in [2.45, 2.75) is 19.6 Å². The summed E-state index contributed by atoms with van der Waals surface area (Å²) >= 11 is 5.54. The number of halogens is 4. The Bertz CT molecular complexity index is 795. The van der Waals surface area contributed by atoms with Gasteiger partial charge in [0.25, 0.3) is 0 Å². The number of alkyl halides is 3. The lowest BCUT2D eigenvalue weighted by Crippen LogP contribution is -2.39. The molecule has 2 rings (SSSR count). The zero-order valence-corrected chi connectivity index (χ0v) is 14.6. The van der Waals surface area contributed by atoms with E-state index in [1.165, 1.54) is 11.0 Å². The van der Waals surface area contributed by atoms with Crippen LogP contribution in [0.5, 0.6) is 0 Å². The first-order chi connectivity index (χ1) is 12.2. The molecule has 0 aliphatic rings. The molecule has 0 radical (unpaired) electrons. The molecule has 0 saturated heterocycles. The van der Waals surface area contributed by atoms with Gasteiger partial charge in [0.1, 0.15) is 0 Å². The second-order valence-electron chi connectivity index (χ2n) is 5.45. The lowest BCUT2D eigenvalue weighted by atomic mass is 10.2. The van der Waals surface area contributed by atoms with E-state index in [1.807, 2.05) is 18.2 Å². The molecular weight excluding hydrogens is 369 g/mol. The van der Waals surface area contributed by atoms with E-state index in [0.717, 1.165) is 11.6 Å². The molecule has 138 valence electrons. The predicted octanol–water partition coefficient (Wildman–Crippen LogP) is 4.35. The number of nitrogens with one attached hydrogen (secondary N) is 1.